The van der Waals surface area contributed by atoms with Gasteiger partial charge in [-0.15, -0.1) is 0 Å². The molecule has 0 saturated carbocycles. The molecular formula is C15H19N3O. The van der Waals surface area contributed by atoms with E-state index in [1.165, 1.54) is 5.56 Å². The molecule has 0 aliphatic carbocycles. The summed E-state index contributed by atoms with van der Waals surface area (Å²) in [5.41, 5.74) is 1.35. The Labute approximate surface area is 113 Å². The Bertz CT molecular complexity index is 523. The highest BCUT2D eigenvalue weighted by molar-refractivity contribution is 5.20. The number of oxazole rings is 1. The highest BCUT2D eigenvalue weighted by atomic mass is 16.4. The van der Waals surface area contributed by atoms with Crippen LogP contribution < -0.4 is 5.32 Å². The molecule has 1 aliphatic heterocycles. The van der Waals surface area contributed by atoms with Crippen molar-refractivity contribution in [2.24, 2.45) is 0 Å². The number of rotatable bonds is 3. The first kappa shape index (κ1) is 12.4. The Morgan fingerprint density at radius 1 is 1.37 bits per heavy atom. The lowest BCUT2D eigenvalue weighted by Gasteiger charge is -2.35. The number of nitrogens with one attached hydrogen (secondary N) is 1. The molecule has 1 aliphatic rings. The van der Waals surface area contributed by atoms with Gasteiger partial charge in [-0.1, -0.05) is 30.3 Å². The lowest BCUT2D eigenvalue weighted by molar-refractivity contribution is 0.139. The lowest BCUT2D eigenvalue weighted by Crippen LogP contribution is -2.45. The highest BCUT2D eigenvalue weighted by Crippen LogP contribution is 2.23. The van der Waals surface area contributed by atoms with Gasteiger partial charge in [-0.05, 0) is 12.5 Å². The number of nitrogens with zero attached hydrogens (tertiary/aromatic N) is 2. The Kier molecular flexibility index (Phi) is 3.62. The van der Waals surface area contributed by atoms with E-state index in [2.05, 4.69) is 45.5 Å². The molecule has 0 amide bonds. The van der Waals surface area contributed by atoms with Crippen molar-refractivity contribution in [3.05, 3.63) is 53.7 Å². The third-order valence-electron chi connectivity index (χ3n) is 3.55. The quantitative estimate of drug-likeness (QED) is 0.914. The zero-order chi connectivity index (χ0) is 13.1. The number of hydrogen-bond acceptors (Lipinski definition) is 4. The molecule has 1 aromatic heterocycles. The van der Waals surface area contributed by atoms with Gasteiger partial charge in [-0.2, -0.15) is 0 Å². The van der Waals surface area contributed by atoms with Crippen molar-refractivity contribution >= 4 is 0 Å². The van der Waals surface area contributed by atoms with Crippen LogP contribution in [0.2, 0.25) is 0 Å². The number of benzene rings is 1. The Morgan fingerprint density at radius 3 is 2.95 bits per heavy atom. The van der Waals surface area contributed by atoms with Gasteiger partial charge in [0.2, 0.25) is 5.89 Å². The van der Waals surface area contributed by atoms with Crippen LogP contribution in [-0.4, -0.2) is 29.5 Å². The van der Waals surface area contributed by atoms with Crippen molar-refractivity contribution in [1.29, 1.82) is 0 Å². The van der Waals surface area contributed by atoms with Crippen molar-refractivity contribution in [3.8, 4) is 0 Å². The maximum Gasteiger partial charge on any atom is 0.208 e. The molecule has 1 aromatic carbocycles. The van der Waals surface area contributed by atoms with Crippen molar-refractivity contribution in [3.63, 3.8) is 0 Å². The van der Waals surface area contributed by atoms with Crippen molar-refractivity contribution in [2.45, 2.75) is 19.5 Å². The van der Waals surface area contributed by atoms with Gasteiger partial charge >= 0.3 is 0 Å². The van der Waals surface area contributed by atoms with Gasteiger partial charge in [-0.3, -0.25) is 4.90 Å². The van der Waals surface area contributed by atoms with E-state index in [4.69, 9.17) is 4.42 Å². The fraction of sp³-hybridized carbons (Fsp3) is 0.400. The molecule has 3 rings (SSSR count). The predicted octanol–water partition coefficient (Wildman–Crippen LogP) is 2.13. The lowest BCUT2D eigenvalue weighted by atomic mass is 10.0. The summed E-state index contributed by atoms with van der Waals surface area (Å²) in [6.07, 6.45) is 1.79. The zero-order valence-electron chi connectivity index (χ0n) is 11.2. The fourth-order valence-corrected chi connectivity index (χ4v) is 2.59. The van der Waals surface area contributed by atoms with Gasteiger partial charge < -0.3 is 9.73 Å². The minimum absolute atomic E-state index is 0.391. The monoisotopic (exact) mass is 257 g/mol. The van der Waals surface area contributed by atoms with E-state index < -0.39 is 0 Å². The molecule has 1 fully saturated rings. The number of aromatic nitrogens is 1. The van der Waals surface area contributed by atoms with E-state index in [0.717, 1.165) is 37.8 Å². The van der Waals surface area contributed by atoms with Gasteiger partial charge in [0, 0.05) is 25.7 Å². The molecule has 0 radical (unpaired) electrons. The normalized spacial score (nSPS) is 20.6. The summed E-state index contributed by atoms with van der Waals surface area (Å²) in [5.74, 6) is 1.68. The second-order valence-electron chi connectivity index (χ2n) is 4.97. The Balaban J connectivity index is 1.77. The van der Waals surface area contributed by atoms with Gasteiger partial charge in [0.15, 0.2) is 0 Å². The van der Waals surface area contributed by atoms with Crippen molar-refractivity contribution < 1.29 is 4.42 Å². The first-order valence-electron chi connectivity index (χ1n) is 6.74. The molecule has 19 heavy (non-hydrogen) atoms. The fourth-order valence-electron chi connectivity index (χ4n) is 2.59. The van der Waals surface area contributed by atoms with Gasteiger partial charge in [0.05, 0.1) is 12.7 Å². The molecule has 1 atom stereocenters. The van der Waals surface area contributed by atoms with E-state index >= 15 is 0 Å². The standard InChI is InChI=1S/C15H19N3O/c1-12-9-17-15(19-12)11-18-8-7-16-10-14(18)13-5-3-2-4-6-13/h2-6,9,14,16H,7-8,10-11H2,1H3. The van der Waals surface area contributed by atoms with Gasteiger partial charge in [0.25, 0.3) is 0 Å². The van der Waals surface area contributed by atoms with Crippen LogP contribution >= 0.6 is 0 Å². The minimum Gasteiger partial charge on any atom is -0.445 e. The van der Waals surface area contributed by atoms with E-state index in [1.54, 1.807) is 6.20 Å². The molecule has 0 bridgehead atoms. The summed E-state index contributed by atoms with van der Waals surface area (Å²) in [5, 5.41) is 3.46. The molecule has 1 saturated heterocycles. The van der Waals surface area contributed by atoms with Crippen molar-refractivity contribution in [1.82, 2.24) is 15.2 Å². The molecule has 2 aromatic rings. The van der Waals surface area contributed by atoms with Crippen molar-refractivity contribution in [2.75, 3.05) is 19.6 Å². The smallest absolute Gasteiger partial charge is 0.208 e. The van der Waals surface area contributed by atoms with Crippen LogP contribution in [-0.2, 0) is 6.54 Å². The summed E-state index contributed by atoms with van der Waals surface area (Å²) < 4.78 is 5.60. The largest absolute Gasteiger partial charge is 0.445 e. The van der Waals surface area contributed by atoms with Crippen LogP contribution in [0.1, 0.15) is 23.3 Å². The molecule has 4 nitrogen and oxygen atoms in total. The molecular weight excluding hydrogens is 238 g/mol. The SMILES string of the molecule is Cc1cnc(CN2CCNCC2c2ccccc2)o1. The van der Waals surface area contributed by atoms with E-state index in [9.17, 15) is 0 Å². The minimum atomic E-state index is 0.391. The Morgan fingerprint density at radius 2 is 2.21 bits per heavy atom. The highest BCUT2D eigenvalue weighted by Gasteiger charge is 2.24. The van der Waals surface area contributed by atoms with Crippen LogP contribution in [0.3, 0.4) is 0 Å². The molecule has 1 N–H and O–H groups in total. The first-order chi connectivity index (χ1) is 9.33. The van der Waals surface area contributed by atoms with E-state index in [1.807, 2.05) is 6.92 Å². The zero-order valence-corrected chi connectivity index (χ0v) is 11.2. The molecule has 0 spiro atoms. The van der Waals surface area contributed by atoms with Crippen LogP contribution in [0.25, 0.3) is 0 Å². The van der Waals surface area contributed by atoms with Crippen LogP contribution in [0.15, 0.2) is 40.9 Å². The maximum absolute atomic E-state index is 5.60. The van der Waals surface area contributed by atoms with Gasteiger partial charge in [0.1, 0.15) is 5.76 Å². The van der Waals surface area contributed by atoms with Crippen LogP contribution in [0.5, 0.6) is 0 Å². The maximum atomic E-state index is 5.60. The number of hydrogen-bond donors (Lipinski definition) is 1. The second kappa shape index (κ2) is 5.55. The molecule has 1 unspecified atom stereocenters. The van der Waals surface area contributed by atoms with E-state index in [0.29, 0.717) is 6.04 Å². The second-order valence-corrected chi connectivity index (χ2v) is 4.97. The van der Waals surface area contributed by atoms with Crippen LogP contribution in [0.4, 0.5) is 0 Å². The summed E-state index contributed by atoms with van der Waals surface area (Å²) in [4.78, 5) is 6.74. The first-order valence-corrected chi connectivity index (χ1v) is 6.74. The summed E-state index contributed by atoms with van der Waals surface area (Å²) in [7, 11) is 0. The summed E-state index contributed by atoms with van der Waals surface area (Å²) in [6, 6.07) is 11.0. The molecule has 100 valence electrons. The number of piperazine rings is 1. The topological polar surface area (TPSA) is 41.3 Å². The van der Waals surface area contributed by atoms with Gasteiger partial charge in [-0.25, -0.2) is 4.98 Å². The average Bonchev–Trinajstić information content (AvgIpc) is 2.86. The van der Waals surface area contributed by atoms with E-state index in [-0.39, 0.29) is 0 Å². The summed E-state index contributed by atoms with van der Waals surface area (Å²) in [6.45, 7) is 5.71. The molecule has 2 heterocycles. The summed E-state index contributed by atoms with van der Waals surface area (Å²) >= 11 is 0. The third kappa shape index (κ3) is 2.85. The van der Waals surface area contributed by atoms with Crippen LogP contribution in [0, 0.1) is 6.92 Å². The number of aryl methyl sites for hydroxylation is 1. The Hall–Kier alpha value is -1.65. The third-order valence-corrected chi connectivity index (χ3v) is 3.55. The molecule has 4 heteroatoms. The average molecular weight is 257 g/mol. The predicted molar refractivity (Wildman–Crippen MR) is 73.7 cm³/mol.